The van der Waals surface area contributed by atoms with Gasteiger partial charge >= 0.3 is 0 Å². The van der Waals surface area contributed by atoms with Crippen LogP contribution in [0.15, 0.2) is 54.9 Å². The lowest BCUT2D eigenvalue weighted by Crippen LogP contribution is -2.33. The van der Waals surface area contributed by atoms with Crippen LogP contribution in [-0.2, 0) is 17.6 Å². The smallest absolute Gasteiger partial charge is 0.224 e. The molecule has 0 aliphatic heterocycles. The van der Waals surface area contributed by atoms with Crippen molar-refractivity contribution in [2.24, 2.45) is 11.8 Å². The Morgan fingerprint density at radius 1 is 1.09 bits per heavy atom. The van der Waals surface area contributed by atoms with Crippen molar-refractivity contribution in [1.82, 2.24) is 10.3 Å². The zero-order chi connectivity index (χ0) is 15.8. The molecule has 0 saturated heterocycles. The molecule has 1 unspecified atom stereocenters. The minimum Gasteiger partial charge on any atom is -0.356 e. The van der Waals surface area contributed by atoms with E-state index in [2.05, 4.69) is 48.4 Å². The summed E-state index contributed by atoms with van der Waals surface area (Å²) >= 11 is 0. The van der Waals surface area contributed by atoms with Gasteiger partial charge < -0.3 is 5.32 Å². The van der Waals surface area contributed by atoms with Crippen molar-refractivity contribution in [3.05, 3.63) is 66.0 Å². The molecule has 0 aliphatic rings. The Hall–Kier alpha value is -2.16. The van der Waals surface area contributed by atoms with Crippen LogP contribution in [0.4, 0.5) is 0 Å². The number of aromatic nitrogens is 1. The van der Waals surface area contributed by atoms with Crippen LogP contribution < -0.4 is 5.32 Å². The average Bonchev–Trinajstić information content (AvgIpc) is 2.53. The van der Waals surface area contributed by atoms with E-state index in [0.29, 0.717) is 24.8 Å². The minimum atomic E-state index is 0.0618. The number of rotatable bonds is 7. The van der Waals surface area contributed by atoms with Gasteiger partial charge in [-0.05, 0) is 35.4 Å². The normalized spacial score (nSPS) is 12.1. The average molecular weight is 296 g/mol. The Morgan fingerprint density at radius 3 is 2.45 bits per heavy atom. The summed E-state index contributed by atoms with van der Waals surface area (Å²) in [5.41, 5.74) is 2.27. The second-order valence-corrected chi connectivity index (χ2v) is 6.04. The molecule has 0 saturated carbocycles. The number of nitrogens with one attached hydrogen (secondary N) is 1. The lowest BCUT2D eigenvalue weighted by atomic mass is 9.89. The number of benzene rings is 1. The molecule has 0 bridgehead atoms. The molecular formula is C19H24N2O. The highest BCUT2D eigenvalue weighted by Gasteiger charge is 2.15. The fourth-order valence-corrected chi connectivity index (χ4v) is 2.46. The summed E-state index contributed by atoms with van der Waals surface area (Å²) in [6, 6.07) is 14.2. The van der Waals surface area contributed by atoms with Crippen molar-refractivity contribution in [2.75, 3.05) is 6.54 Å². The Balaban J connectivity index is 1.85. The molecule has 0 spiro atoms. The molecule has 0 radical (unpaired) electrons. The van der Waals surface area contributed by atoms with Gasteiger partial charge in [0.1, 0.15) is 0 Å². The predicted octanol–water partition coefficient (Wildman–Crippen LogP) is 3.26. The molecule has 1 heterocycles. The molecule has 3 nitrogen and oxygen atoms in total. The number of hydrogen-bond acceptors (Lipinski definition) is 2. The topological polar surface area (TPSA) is 42.0 Å². The largest absolute Gasteiger partial charge is 0.356 e. The van der Waals surface area contributed by atoms with Gasteiger partial charge in [-0.15, -0.1) is 0 Å². The molecule has 0 fully saturated rings. The van der Waals surface area contributed by atoms with Crippen LogP contribution in [-0.4, -0.2) is 17.4 Å². The van der Waals surface area contributed by atoms with E-state index in [4.69, 9.17) is 0 Å². The Kier molecular flexibility index (Phi) is 6.13. The van der Waals surface area contributed by atoms with Crippen molar-refractivity contribution in [3.8, 4) is 0 Å². The van der Waals surface area contributed by atoms with E-state index in [9.17, 15) is 4.79 Å². The Morgan fingerprint density at radius 2 is 1.82 bits per heavy atom. The molecule has 22 heavy (non-hydrogen) atoms. The monoisotopic (exact) mass is 296 g/mol. The molecule has 1 amide bonds. The third-order valence-electron chi connectivity index (χ3n) is 3.93. The Bertz CT molecular complexity index is 567. The van der Waals surface area contributed by atoms with E-state index >= 15 is 0 Å². The highest BCUT2D eigenvalue weighted by Crippen LogP contribution is 2.16. The number of nitrogens with zero attached hydrogens (tertiary/aromatic N) is 1. The van der Waals surface area contributed by atoms with Crippen LogP contribution in [0.5, 0.6) is 0 Å². The van der Waals surface area contributed by atoms with E-state index in [-0.39, 0.29) is 5.91 Å². The zero-order valence-electron chi connectivity index (χ0n) is 13.3. The first-order chi connectivity index (χ1) is 10.6. The standard InChI is InChI=1S/C19H24N2O/c1-15(2)18(11-16-7-4-3-5-8-16)14-21-19(22)12-17-9-6-10-20-13-17/h3-10,13,15,18H,11-12,14H2,1-2H3,(H,21,22). The SMILES string of the molecule is CC(C)C(CNC(=O)Cc1cccnc1)Cc1ccccc1. The number of amides is 1. The summed E-state index contributed by atoms with van der Waals surface area (Å²) in [5.74, 6) is 1.03. The highest BCUT2D eigenvalue weighted by atomic mass is 16.1. The van der Waals surface area contributed by atoms with Crippen LogP contribution in [0, 0.1) is 11.8 Å². The summed E-state index contributed by atoms with van der Waals surface area (Å²) in [6.45, 7) is 5.13. The molecule has 1 atom stereocenters. The van der Waals surface area contributed by atoms with Gasteiger partial charge in [-0.1, -0.05) is 50.2 Å². The summed E-state index contributed by atoms with van der Waals surface area (Å²) in [6.07, 6.45) is 4.84. The molecule has 0 aliphatic carbocycles. The molecule has 2 rings (SSSR count). The van der Waals surface area contributed by atoms with Gasteiger partial charge in [0.2, 0.25) is 5.91 Å². The van der Waals surface area contributed by atoms with Crippen molar-refractivity contribution < 1.29 is 4.79 Å². The minimum absolute atomic E-state index is 0.0618. The van der Waals surface area contributed by atoms with Gasteiger partial charge in [0.05, 0.1) is 6.42 Å². The number of carbonyl (C=O) groups is 1. The van der Waals surface area contributed by atoms with Crippen molar-refractivity contribution in [3.63, 3.8) is 0 Å². The fraction of sp³-hybridized carbons (Fsp3) is 0.368. The van der Waals surface area contributed by atoms with Gasteiger partial charge in [-0.25, -0.2) is 0 Å². The first kappa shape index (κ1) is 16.2. The second kappa shape index (κ2) is 8.32. The number of carbonyl (C=O) groups excluding carboxylic acids is 1. The van der Waals surface area contributed by atoms with E-state index in [1.807, 2.05) is 18.2 Å². The highest BCUT2D eigenvalue weighted by molar-refractivity contribution is 5.78. The van der Waals surface area contributed by atoms with Crippen LogP contribution in [0.3, 0.4) is 0 Å². The summed E-state index contributed by atoms with van der Waals surface area (Å²) in [4.78, 5) is 16.1. The molecule has 1 aromatic heterocycles. The Labute approximate surface area is 132 Å². The summed E-state index contributed by atoms with van der Waals surface area (Å²) in [7, 11) is 0. The summed E-state index contributed by atoms with van der Waals surface area (Å²) < 4.78 is 0. The van der Waals surface area contributed by atoms with Crippen LogP contribution in [0.1, 0.15) is 25.0 Å². The quantitative estimate of drug-likeness (QED) is 0.852. The third kappa shape index (κ3) is 5.32. The van der Waals surface area contributed by atoms with Crippen LogP contribution >= 0.6 is 0 Å². The maximum absolute atomic E-state index is 12.1. The fourth-order valence-electron chi connectivity index (χ4n) is 2.46. The van der Waals surface area contributed by atoms with Gasteiger partial charge in [0, 0.05) is 18.9 Å². The maximum Gasteiger partial charge on any atom is 0.224 e. The zero-order valence-corrected chi connectivity index (χ0v) is 13.3. The lowest BCUT2D eigenvalue weighted by Gasteiger charge is -2.21. The molecule has 1 N–H and O–H groups in total. The third-order valence-corrected chi connectivity index (χ3v) is 3.93. The maximum atomic E-state index is 12.1. The predicted molar refractivity (Wildman–Crippen MR) is 89.4 cm³/mol. The van der Waals surface area contributed by atoms with Gasteiger partial charge in [-0.3, -0.25) is 9.78 Å². The van der Waals surface area contributed by atoms with E-state index in [1.165, 1.54) is 5.56 Å². The second-order valence-electron chi connectivity index (χ2n) is 6.04. The first-order valence-corrected chi connectivity index (χ1v) is 7.84. The van der Waals surface area contributed by atoms with Gasteiger partial charge in [0.15, 0.2) is 0 Å². The lowest BCUT2D eigenvalue weighted by molar-refractivity contribution is -0.120. The van der Waals surface area contributed by atoms with E-state index < -0.39 is 0 Å². The molecule has 2 aromatic rings. The van der Waals surface area contributed by atoms with Crippen LogP contribution in [0.2, 0.25) is 0 Å². The van der Waals surface area contributed by atoms with Crippen LogP contribution in [0.25, 0.3) is 0 Å². The van der Waals surface area contributed by atoms with E-state index in [0.717, 1.165) is 12.0 Å². The molecule has 1 aromatic carbocycles. The summed E-state index contributed by atoms with van der Waals surface area (Å²) in [5, 5.41) is 3.07. The van der Waals surface area contributed by atoms with E-state index in [1.54, 1.807) is 12.4 Å². The van der Waals surface area contributed by atoms with Gasteiger partial charge in [-0.2, -0.15) is 0 Å². The molecule has 116 valence electrons. The number of hydrogen-bond donors (Lipinski definition) is 1. The first-order valence-electron chi connectivity index (χ1n) is 7.84. The molecular weight excluding hydrogens is 272 g/mol. The molecule has 3 heteroatoms. The van der Waals surface area contributed by atoms with Crippen molar-refractivity contribution in [2.45, 2.75) is 26.7 Å². The van der Waals surface area contributed by atoms with Crippen molar-refractivity contribution in [1.29, 1.82) is 0 Å². The van der Waals surface area contributed by atoms with Crippen molar-refractivity contribution >= 4 is 5.91 Å². The number of pyridine rings is 1. The van der Waals surface area contributed by atoms with Gasteiger partial charge in [0.25, 0.3) is 0 Å².